The highest BCUT2D eigenvalue weighted by Gasteiger charge is 2.18. The molecule has 0 radical (unpaired) electrons. The summed E-state index contributed by atoms with van der Waals surface area (Å²) in [4.78, 5) is 12.3. The van der Waals surface area contributed by atoms with Gasteiger partial charge in [0.05, 0.1) is 24.9 Å². The normalized spacial score (nSPS) is 12.0. The summed E-state index contributed by atoms with van der Waals surface area (Å²) in [5.74, 6) is 0. The van der Waals surface area contributed by atoms with Crippen molar-refractivity contribution in [2.75, 3.05) is 13.3 Å². The molecule has 1 heterocycles. The Labute approximate surface area is 151 Å². The number of rotatable bonds is 6. The Hall–Kier alpha value is -1.98. The minimum atomic E-state index is -0.483. The molecule has 134 valence electrons. The average molecular weight is 365 g/mol. The van der Waals surface area contributed by atoms with Crippen LogP contribution in [-0.4, -0.2) is 23.1 Å². The molecule has 0 amide bonds. The Morgan fingerprint density at radius 2 is 1.92 bits per heavy atom. The summed E-state index contributed by atoms with van der Waals surface area (Å²) < 4.78 is 18.5. The molecule has 0 atom stereocenters. The summed E-state index contributed by atoms with van der Waals surface area (Å²) in [6.45, 7) is 5.69. The van der Waals surface area contributed by atoms with Crippen molar-refractivity contribution in [2.24, 2.45) is 0 Å². The molecule has 6 heteroatoms. The van der Waals surface area contributed by atoms with E-state index in [1.165, 1.54) is 4.68 Å². The van der Waals surface area contributed by atoms with Gasteiger partial charge < -0.3 is 4.74 Å². The maximum Gasteiger partial charge on any atom is 0.286 e. The van der Waals surface area contributed by atoms with Crippen LogP contribution in [0.2, 0.25) is 5.02 Å². The van der Waals surface area contributed by atoms with Crippen LogP contribution in [-0.2, 0) is 16.9 Å². The number of benzene rings is 1. The smallest absolute Gasteiger partial charge is 0.286 e. The SMILES string of the molecule is CC(C)(C)n1ncc(C=Cc2ccc(COCCF)cc2)c(Cl)c1=O. The lowest BCUT2D eigenvalue weighted by molar-refractivity contribution is 0.106. The van der Waals surface area contributed by atoms with Gasteiger partial charge in [0.15, 0.2) is 0 Å². The van der Waals surface area contributed by atoms with Crippen molar-refractivity contribution < 1.29 is 9.13 Å². The van der Waals surface area contributed by atoms with Crippen molar-refractivity contribution in [3.63, 3.8) is 0 Å². The molecule has 2 rings (SSSR count). The second-order valence-corrected chi connectivity index (χ2v) is 7.00. The summed E-state index contributed by atoms with van der Waals surface area (Å²) in [6.07, 6.45) is 5.21. The van der Waals surface area contributed by atoms with E-state index in [-0.39, 0.29) is 17.2 Å². The topological polar surface area (TPSA) is 44.1 Å². The summed E-state index contributed by atoms with van der Waals surface area (Å²) in [5, 5.41) is 4.35. The summed E-state index contributed by atoms with van der Waals surface area (Å²) in [6, 6.07) is 7.66. The van der Waals surface area contributed by atoms with Gasteiger partial charge in [0.2, 0.25) is 0 Å². The third-order valence-electron chi connectivity index (χ3n) is 3.51. The van der Waals surface area contributed by atoms with Crippen LogP contribution in [0.4, 0.5) is 4.39 Å². The molecule has 2 aromatic rings. The van der Waals surface area contributed by atoms with Crippen LogP contribution in [0.15, 0.2) is 35.3 Å². The number of hydrogen-bond acceptors (Lipinski definition) is 3. The zero-order valence-corrected chi connectivity index (χ0v) is 15.4. The highest BCUT2D eigenvalue weighted by molar-refractivity contribution is 6.31. The van der Waals surface area contributed by atoms with Crippen molar-refractivity contribution in [3.8, 4) is 0 Å². The Bertz CT molecular complexity index is 793. The van der Waals surface area contributed by atoms with Gasteiger partial charge in [-0.3, -0.25) is 4.79 Å². The summed E-state index contributed by atoms with van der Waals surface area (Å²) in [5.41, 5.74) is 1.76. The van der Waals surface area contributed by atoms with E-state index in [0.29, 0.717) is 12.2 Å². The monoisotopic (exact) mass is 364 g/mol. The van der Waals surface area contributed by atoms with Crippen molar-refractivity contribution in [1.29, 1.82) is 0 Å². The molecule has 0 bridgehead atoms. The third kappa shape index (κ3) is 5.25. The van der Waals surface area contributed by atoms with Crippen LogP contribution < -0.4 is 5.56 Å². The maximum atomic E-state index is 12.3. The summed E-state index contributed by atoms with van der Waals surface area (Å²) >= 11 is 6.20. The molecule has 1 aromatic carbocycles. The minimum Gasteiger partial charge on any atom is -0.374 e. The fraction of sp³-hybridized carbons (Fsp3) is 0.368. The molecular weight excluding hydrogens is 343 g/mol. The van der Waals surface area contributed by atoms with Gasteiger partial charge in [-0.25, -0.2) is 9.07 Å². The molecule has 0 N–H and O–H groups in total. The van der Waals surface area contributed by atoms with Crippen LogP contribution in [0, 0.1) is 0 Å². The first-order valence-corrected chi connectivity index (χ1v) is 8.40. The first kappa shape index (κ1) is 19.3. The van der Waals surface area contributed by atoms with Gasteiger partial charge in [-0.15, -0.1) is 0 Å². The first-order valence-electron chi connectivity index (χ1n) is 8.02. The van der Waals surface area contributed by atoms with Gasteiger partial charge in [-0.2, -0.15) is 5.10 Å². The van der Waals surface area contributed by atoms with Gasteiger partial charge in [-0.1, -0.05) is 48.0 Å². The number of ether oxygens (including phenoxy) is 1. The predicted octanol–water partition coefficient (Wildman–Crippen LogP) is 4.31. The Kier molecular flexibility index (Phi) is 6.51. The fourth-order valence-corrected chi connectivity index (χ4v) is 2.39. The van der Waals surface area contributed by atoms with E-state index in [0.717, 1.165) is 11.1 Å². The molecule has 25 heavy (non-hydrogen) atoms. The van der Waals surface area contributed by atoms with E-state index in [1.807, 2.05) is 51.1 Å². The molecule has 0 saturated carbocycles. The standard InChI is InChI=1S/C19H22ClFN2O2/c1-19(2,3)23-18(24)17(20)16(12-22-23)9-8-14-4-6-15(7-5-14)13-25-11-10-21/h4-9,12H,10-11,13H2,1-3H3. The number of hydrogen-bond donors (Lipinski definition) is 0. The van der Waals surface area contributed by atoms with E-state index in [4.69, 9.17) is 16.3 Å². The maximum absolute atomic E-state index is 12.3. The van der Waals surface area contributed by atoms with E-state index in [9.17, 15) is 9.18 Å². The lowest BCUT2D eigenvalue weighted by Gasteiger charge is -2.20. The largest absolute Gasteiger partial charge is 0.374 e. The van der Waals surface area contributed by atoms with Gasteiger partial charge >= 0.3 is 0 Å². The Balaban J connectivity index is 2.14. The molecule has 0 aliphatic rings. The van der Waals surface area contributed by atoms with Crippen LogP contribution in [0.1, 0.15) is 37.5 Å². The van der Waals surface area contributed by atoms with Crippen molar-refractivity contribution in [1.82, 2.24) is 9.78 Å². The predicted molar refractivity (Wildman–Crippen MR) is 99.5 cm³/mol. The first-order chi connectivity index (χ1) is 11.8. The molecule has 4 nitrogen and oxygen atoms in total. The van der Waals surface area contributed by atoms with E-state index in [1.54, 1.807) is 12.3 Å². The zero-order valence-electron chi connectivity index (χ0n) is 14.6. The number of alkyl halides is 1. The van der Waals surface area contributed by atoms with Crippen molar-refractivity contribution in [3.05, 3.63) is 62.5 Å². The quantitative estimate of drug-likeness (QED) is 0.717. The third-order valence-corrected chi connectivity index (χ3v) is 3.89. The van der Waals surface area contributed by atoms with Crippen molar-refractivity contribution in [2.45, 2.75) is 32.9 Å². The molecular formula is C19H22ClFN2O2. The van der Waals surface area contributed by atoms with Gasteiger partial charge in [-0.05, 0) is 31.9 Å². The van der Waals surface area contributed by atoms with Crippen molar-refractivity contribution >= 4 is 23.8 Å². The number of aromatic nitrogens is 2. The van der Waals surface area contributed by atoms with Gasteiger partial charge in [0, 0.05) is 5.56 Å². The molecule has 0 unspecified atom stereocenters. The molecule has 0 spiro atoms. The van der Waals surface area contributed by atoms with Crippen LogP contribution in [0.5, 0.6) is 0 Å². The molecule has 0 aliphatic carbocycles. The van der Waals surface area contributed by atoms with Crippen LogP contribution >= 0.6 is 11.6 Å². The minimum absolute atomic E-state index is 0.104. The van der Waals surface area contributed by atoms with E-state index in [2.05, 4.69) is 5.10 Å². The van der Waals surface area contributed by atoms with E-state index >= 15 is 0 Å². The fourth-order valence-electron chi connectivity index (χ4n) is 2.20. The molecule has 1 aromatic heterocycles. The average Bonchev–Trinajstić information content (AvgIpc) is 2.56. The number of nitrogens with zero attached hydrogens (tertiary/aromatic N) is 2. The van der Waals surface area contributed by atoms with Crippen LogP contribution in [0.3, 0.4) is 0 Å². The zero-order chi connectivity index (χ0) is 18.4. The van der Waals surface area contributed by atoms with Gasteiger partial charge in [0.1, 0.15) is 11.7 Å². The number of halogens is 2. The molecule has 0 saturated heterocycles. The lowest BCUT2D eigenvalue weighted by atomic mass is 10.1. The Morgan fingerprint density at radius 3 is 2.52 bits per heavy atom. The van der Waals surface area contributed by atoms with Gasteiger partial charge in [0.25, 0.3) is 5.56 Å². The van der Waals surface area contributed by atoms with Crippen LogP contribution in [0.25, 0.3) is 12.2 Å². The summed E-state index contributed by atoms with van der Waals surface area (Å²) in [7, 11) is 0. The molecule has 0 aliphatic heterocycles. The highest BCUT2D eigenvalue weighted by Crippen LogP contribution is 2.17. The molecule has 0 fully saturated rings. The van der Waals surface area contributed by atoms with E-state index < -0.39 is 12.2 Å². The Morgan fingerprint density at radius 1 is 1.24 bits per heavy atom. The lowest BCUT2D eigenvalue weighted by Crippen LogP contribution is -2.36. The second kappa shape index (κ2) is 8.41. The second-order valence-electron chi connectivity index (χ2n) is 6.62. The highest BCUT2D eigenvalue weighted by atomic mass is 35.5.